The minimum atomic E-state index is -0.493. The van der Waals surface area contributed by atoms with Crippen LogP contribution >= 0.6 is 0 Å². The molecule has 0 aromatic heterocycles. The highest BCUT2D eigenvalue weighted by atomic mass is 16.7. The molecule has 1 amide bonds. The SMILES string of the molecule is NC(=O)c1ccccc1OCCOC1CCCCO1. The topological polar surface area (TPSA) is 70.8 Å². The quantitative estimate of drug-likeness (QED) is 0.795. The molecule has 1 aliphatic heterocycles. The van der Waals surface area contributed by atoms with Gasteiger partial charge in [0.25, 0.3) is 5.91 Å². The van der Waals surface area contributed by atoms with Gasteiger partial charge in [-0.15, -0.1) is 0 Å². The van der Waals surface area contributed by atoms with Gasteiger partial charge in [-0.05, 0) is 31.4 Å². The molecule has 5 nitrogen and oxygen atoms in total. The molecular weight excluding hydrogens is 246 g/mol. The fourth-order valence-electron chi connectivity index (χ4n) is 1.97. The van der Waals surface area contributed by atoms with Crippen LogP contribution in [0.1, 0.15) is 29.6 Å². The number of para-hydroxylation sites is 1. The first-order valence-corrected chi connectivity index (χ1v) is 6.52. The van der Waals surface area contributed by atoms with Crippen LogP contribution in [-0.4, -0.2) is 32.0 Å². The Bertz CT molecular complexity index is 416. The molecule has 0 aliphatic carbocycles. The fraction of sp³-hybridized carbons (Fsp3) is 0.500. The van der Waals surface area contributed by atoms with Gasteiger partial charge >= 0.3 is 0 Å². The third-order valence-electron chi connectivity index (χ3n) is 2.94. The number of benzene rings is 1. The second-order valence-corrected chi connectivity index (χ2v) is 4.38. The first-order chi connectivity index (χ1) is 9.27. The predicted octanol–water partition coefficient (Wildman–Crippen LogP) is 1.71. The number of hydrogen-bond acceptors (Lipinski definition) is 4. The molecule has 104 valence electrons. The Hall–Kier alpha value is -1.59. The van der Waals surface area contributed by atoms with Crippen molar-refractivity contribution in [3.8, 4) is 5.75 Å². The zero-order chi connectivity index (χ0) is 13.5. The van der Waals surface area contributed by atoms with Gasteiger partial charge in [-0.1, -0.05) is 12.1 Å². The van der Waals surface area contributed by atoms with Crippen molar-refractivity contribution in [2.24, 2.45) is 5.73 Å². The molecule has 0 spiro atoms. The molecule has 5 heteroatoms. The molecule has 2 N–H and O–H groups in total. The summed E-state index contributed by atoms with van der Waals surface area (Å²) < 4.78 is 16.5. The van der Waals surface area contributed by atoms with Gasteiger partial charge in [0, 0.05) is 6.61 Å². The Balaban J connectivity index is 1.74. The monoisotopic (exact) mass is 265 g/mol. The average Bonchev–Trinajstić information content (AvgIpc) is 2.45. The van der Waals surface area contributed by atoms with Crippen LogP contribution in [0.5, 0.6) is 5.75 Å². The molecule has 1 atom stereocenters. The summed E-state index contributed by atoms with van der Waals surface area (Å²) >= 11 is 0. The second-order valence-electron chi connectivity index (χ2n) is 4.38. The molecule has 0 radical (unpaired) electrons. The van der Waals surface area contributed by atoms with E-state index >= 15 is 0 Å². The van der Waals surface area contributed by atoms with Gasteiger partial charge in [0.1, 0.15) is 12.4 Å². The summed E-state index contributed by atoms with van der Waals surface area (Å²) in [5.41, 5.74) is 5.65. The van der Waals surface area contributed by atoms with Crippen molar-refractivity contribution < 1.29 is 19.0 Å². The second kappa shape index (κ2) is 7.11. The lowest BCUT2D eigenvalue weighted by Gasteiger charge is -2.22. The van der Waals surface area contributed by atoms with Crippen molar-refractivity contribution >= 4 is 5.91 Å². The van der Waals surface area contributed by atoms with Gasteiger partial charge in [-0.25, -0.2) is 0 Å². The Morgan fingerprint density at radius 3 is 2.89 bits per heavy atom. The van der Waals surface area contributed by atoms with Crippen molar-refractivity contribution in [1.82, 2.24) is 0 Å². The number of primary amides is 1. The van der Waals surface area contributed by atoms with E-state index in [0.29, 0.717) is 24.5 Å². The molecular formula is C14H19NO4. The molecule has 19 heavy (non-hydrogen) atoms. The Morgan fingerprint density at radius 1 is 1.32 bits per heavy atom. The number of amides is 1. The fourth-order valence-corrected chi connectivity index (χ4v) is 1.97. The van der Waals surface area contributed by atoms with E-state index in [4.69, 9.17) is 19.9 Å². The van der Waals surface area contributed by atoms with E-state index in [1.54, 1.807) is 24.3 Å². The number of carbonyl (C=O) groups excluding carboxylic acids is 1. The highest BCUT2D eigenvalue weighted by molar-refractivity contribution is 5.95. The van der Waals surface area contributed by atoms with Crippen LogP contribution in [-0.2, 0) is 9.47 Å². The van der Waals surface area contributed by atoms with Gasteiger partial charge in [-0.3, -0.25) is 4.79 Å². The Morgan fingerprint density at radius 2 is 2.16 bits per heavy atom. The summed E-state index contributed by atoms with van der Waals surface area (Å²) in [6.45, 7) is 1.55. The smallest absolute Gasteiger partial charge is 0.252 e. The maximum absolute atomic E-state index is 11.2. The average molecular weight is 265 g/mol. The van der Waals surface area contributed by atoms with E-state index in [1.165, 1.54) is 0 Å². The number of carbonyl (C=O) groups is 1. The normalized spacial score (nSPS) is 19.1. The van der Waals surface area contributed by atoms with Gasteiger partial charge < -0.3 is 19.9 Å². The van der Waals surface area contributed by atoms with E-state index < -0.39 is 5.91 Å². The minimum absolute atomic E-state index is 0.122. The first kappa shape index (κ1) is 13.8. The third kappa shape index (κ3) is 4.22. The summed E-state index contributed by atoms with van der Waals surface area (Å²) in [6.07, 6.45) is 3.04. The predicted molar refractivity (Wildman–Crippen MR) is 70.0 cm³/mol. The van der Waals surface area contributed by atoms with Gasteiger partial charge in [-0.2, -0.15) is 0 Å². The van der Waals surface area contributed by atoms with Gasteiger partial charge in [0.15, 0.2) is 6.29 Å². The molecule has 1 heterocycles. The van der Waals surface area contributed by atoms with E-state index in [1.807, 2.05) is 0 Å². The van der Waals surface area contributed by atoms with E-state index in [2.05, 4.69) is 0 Å². The Labute approximate surface area is 112 Å². The lowest BCUT2D eigenvalue weighted by atomic mass is 10.2. The van der Waals surface area contributed by atoms with Crippen LogP contribution < -0.4 is 10.5 Å². The van der Waals surface area contributed by atoms with Gasteiger partial charge in [0.05, 0.1) is 12.2 Å². The standard InChI is InChI=1S/C14H19NO4/c15-14(16)11-5-1-2-6-12(11)17-9-10-19-13-7-3-4-8-18-13/h1-2,5-6,13H,3-4,7-10H2,(H2,15,16). The first-order valence-electron chi connectivity index (χ1n) is 6.52. The summed E-state index contributed by atoms with van der Waals surface area (Å²) in [4.78, 5) is 11.2. The van der Waals surface area contributed by atoms with Crippen molar-refractivity contribution in [2.75, 3.05) is 19.8 Å². The van der Waals surface area contributed by atoms with Crippen LogP contribution in [0.25, 0.3) is 0 Å². The van der Waals surface area contributed by atoms with Crippen LogP contribution in [0.2, 0.25) is 0 Å². The zero-order valence-electron chi connectivity index (χ0n) is 10.8. The highest BCUT2D eigenvalue weighted by Crippen LogP contribution is 2.17. The van der Waals surface area contributed by atoms with Crippen LogP contribution in [0, 0.1) is 0 Å². The van der Waals surface area contributed by atoms with E-state index in [9.17, 15) is 4.79 Å². The van der Waals surface area contributed by atoms with E-state index in [0.717, 1.165) is 25.9 Å². The summed E-state index contributed by atoms with van der Waals surface area (Å²) in [6, 6.07) is 6.91. The van der Waals surface area contributed by atoms with E-state index in [-0.39, 0.29) is 6.29 Å². The molecule has 1 saturated heterocycles. The van der Waals surface area contributed by atoms with Crippen molar-refractivity contribution in [3.63, 3.8) is 0 Å². The zero-order valence-corrected chi connectivity index (χ0v) is 10.8. The number of nitrogens with two attached hydrogens (primary N) is 1. The molecule has 1 unspecified atom stereocenters. The molecule has 1 aromatic rings. The molecule has 0 saturated carbocycles. The van der Waals surface area contributed by atoms with Crippen molar-refractivity contribution in [1.29, 1.82) is 0 Å². The minimum Gasteiger partial charge on any atom is -0.490 e. The van der Waals surface area contributed by atoms with Crippen LogP contribution in [0.15, 0.2) is 24.3 Å². The van der Waals surface area contributed by atoms with Crippen LogP contribution in [0.3, 0.4) is 0 Å². The molecule has 2 rings (SSSR count). The summed E-state index contributed by atoms with van der Waals surface area (Å²) in [7, 11) is 0. The Kier molecular flexibility index (Phi) is 5.18. The van der Waals surface area contributed by atoms with Crippen LogP contribution in [0.4, 0.5) is 0 Å². The number of rotatable bonds is 6. The lowest BCUT2D eigenvalue weighted by molar-refractivity contribution is -0.165. The summed E-state index contributed by atoms with van der Waals surface area (Å²) in [5, 5.41) is 0. The maximum atomic E-state index is 11.2. The molecule has 1 fully saturated rings. The largest absolute Gasteiger partial charge is 0.490 e. The molecule has 1 aliphatic rings. The molecule has 0 bridgehead atoms. The number of hydrogen-bond donors (Lipinski definition) is 1. The van der Waals surface area contributed by atoms with Gasteiger partial charge in [0.2, 0.25) is 0 Å². The number of ether oxygens (including phenoxy) is 3. The third-order valence-corrected chi connectivity index (χ3v) is 2.94. The van der Waals surface area contributed by atoms with Crippen molar-refractivity contribution in [3.05, 3.63) is 29.8 Å². The molecule has 1 aromatic carbocycles. The maximum Gasteiger partial charge on any atom is 0.252 e. The lowest BCUT2D eigenvalue weighted by Crippen LogP contribution is -2.24. The van der Waals surface area contributed by atoms with Crippen molar-refractivity contribution in [2.45, 2.75) is 25.6 Å². The highest BCUT2D eigenvalue weighted by Gasteiger charge is 2.14. The summed E-state index contributed by atoms with van der Waals surface area (Å²) in [5.74, 6) is -0.00436.